The van der Waals surface area contributed by atoms with Crippen LogP contribution in [-0.4, -0.2) is 34.3 Å². The van der Waals surface area contributed by atoms with Crippen LogP contribution in [0.5, 0.6) is 0 Å². The van der Waals surface area contributed by atoms with Crippen molar-refractivity contribution >= 4 is 46.2 Å². The fourth-order valence-electron chi connectivity index (χ4n) is 5.28. The molecule has 1 saturated heterocycles. The molecular formula is C30H30ClN5O2S. The third-order valence-electron chi connectivity index (χ3n) is 7.01. The van der Waals surface area contributed by atoms with Crippen LogP contribution in [0.15, 0.2) is 72.9 Å². The van der Waals surface area contributed by atoms with Gasteiger partial charge in [-0.05, 0) is 105 Å². The van der Waals surface area contributed by atoms with E-state index in [1.807, 2.05) is 67.6 Å². The summed E-state index contributed by atoms with van der Waals surface area (Å²) in [6, 6.07) is 21.6. The van der Waals surface area contributed by atoms with Gasteiger partial charge >= 0.3 is 0 Å². The number of carbonyl (C=O) groups is 1. The van der Waals surface area contributed by atoms with Gasteiger partial charge in [-0.2, -0.15) is 0 Å². The molecule has 1 aliphatic rings. The van der Waals surface area contributed by atoms with Gasteiger partial charge in [0.15, 0.2) is 5.11 Å². The Morgan fingerprint density at radius 3 is 2.49 bits per heavy atom. The first-order valence-corrected chi connectivity index (χ1v) is 13.4. The molecule has 2 aromatic carbocycles. The van der Waals surface area contributed by atoms with Gasteiger partial charge in [0, 0.05) is 46.8 Å². The lowest BCUT2D eigenvalue weighted by molar-refractivity contribution is -0.119. The third kappa shape index (κ3) is 5.28. The van der Waals surface area contributed by atoms with Crippen molar-refractivity contribution in [2.45, 2.75) is 32.9 Å². The van der Waals surface area contributed by atoms with Gasteiger partial charge in [-0.1, -0.05) is 17.7 Å². The summed E-state index contributed by atoms with van der Waals surface area (Å²) < 4.78 is 7.19. The van der Waals surface area contributed by atoms with Crippen LogP contribution in [-0.2, 0) is 9.53 Å². The van der Waals surface area contributed by atoms with Crippen LogP contribution in [0, 0.1) is 20.8 Å². The van der Waals surface area contributed by atoms with Crippen LogP contribution in [0.25, 0.3) is 5.69 Å². The molecule has 1 fully saturated rings. The zero-order chi connectivity index (χ0) is 27.7. The number of amides is 1. The Balaban J connectivity index is 1.60. The number of aromatic nitrogens is 2. The monoisotopic (exact) mass is 559 g/mol. The summed E-state index contributed by atoms with van der Waals surface area (Å²) in [6.45, 7) is 6.20. The van der Waals surface area contributed by atoms with Gasteiger partial charge in [-0.25, -0.2) is 0 Å². The van der Waals surface area contributed by atoms with Crippen LogP contribution in [0.1, 0.15) is 40.3 Å². The molecule has 0 bridgehead atoms. The van der Waals surface area contributed by atoms with E-state index >= 15 is 0 Å². The van der Waals surface area contributed by atoms with E-state index in [1.165, 1.54) is 7.11 Å². The number of hydrogen-bond acceptors (Lipinski definition) is 4. The minimum atomic E-state index is -0.200. The summed E-state index contributed by atoms with van der Waals surface area (Å²) in [5, 5.41) is 7.75. The number of benzene rings is 2. The second-order valence-corrected chi connectivity index (χ2v) is 10.4. The van der Waals surface area contributed by atoms with Crippen molar-refractivity contribution in [1.82, 2.24) is 14.9 Å². The fraction of sp³-hybridized carbons (Fsp3) is 0.233. The maximum atomic E-state index is 12.1. The predicted octanol–water partition coefficient (Wildman–Crippen LogP) is 6.21. The van der Waals surface area contributed by atoms with Crippen molar-refractivity contribution in [3.05, 3.63) is 106 Å². The molecular weight excluding hydrogens is 530 g/mol. The maximum absolute atomic E-state index is 12.1. The summed E-state index contributed by atoms with van der Waals surface area (Å²) in [6.07, 6.45) is 1.80. The number of nitrogens with zero attached hydrogens (tertiary/aromatic N) is 3. The van der Waals surface area contributed by atoms with Crippen molar-refractivity contribution in [3.63, 3.8) is 0 Å². The van der Waals surface area contributed by atoms with Crippen LogP contribution in [0.2, 0.25) is 5.02 Å². The van der Waals surface area contributed by atoms with Crippen molar-refractivity contribution in [1.29, 1.82) is 0 Å². The molecule has 39 heavy (non-hydrogen) atoms. The highest BCUT2D eigenvalue weighted by Crippen LogP contribution is 2.44. The molecule has 9 heteroatoms. The normalized spacial score (nSPS) is 16.8. The molecule has 1 aliphatic heterocycles. The number of thiocarbonyl (C=S) groups is 1. The van der Waals surface area contributed by atoms with E-state index in [2.05, 4.69) is 45.0 Å². The Morgan fingerprint density at radius 1 is 1.08 bits per heavy atom. The number of ether oxygens (including phenoxy) is 1. The van der Waals surface area contributed by atoms with Crippen LogP contribution >= 0.6 is 23.8 Å². The zero-order valence-electron chi connectivity index (χ0n) is 22.2. The molecule has 200 valence electrons. The minimum absolute atomic E-state index is 0.00160. The van der Waals surface area contributed by atoms with E-state index in [-0.39, 0.29) is 24.6 Å². The van der Waals surface area contributed by atoms with Gasteiger partial charge in [0.25, 0.3) is 0 Å². The first kappa shape index (κ1) is 26.9. The van der Waals surface area contributed by atoms with Gasteiger partial charge in [-0.15, -0.1) is 0 Å². The van der Waals surface area contributed by atoms with E-state index in [9.17, 15) is 4.79 Å². The van der Waals surface area contributed by atoms with E-state index < -0.39 is 0 Å². The van der Waals surface area contributed by atoms with Crippen molar-refractivity contribution < 1.29 is 9.53 Å². The molecule has 5 rings (SSSR count). The molecule has 4 aromatic rings. The lowest BCUT2D eigenvalue weighted by Gasteiger charge is -2.29. The van der Waals surface area contributed by atoms with Crippen molar-refractivity contribution in [3.8, 4) is 5.69 Å². The van der Waals surface area contributed by atoms with Gasteiger partial charge in [0.2, 0.25) is 5.91 Å². The van der Waals surface area contributed by atoms with Gasteiger partial charge in [-0.3, -0.25) is 9.78 Å². The van der Waals surface area contributed by atoms with E-state index in [0.717, 1.165) is 45.3 Å². The summed E-state index contributed by atoms with van der Waals surface area (Å²) in [7, 11) is 1.50. The average Bonchev–Trinajstić information content (AvgIpc) is 3.41. The molecule has 3 heterocycles. The molecule has 7 nitrogen and oxygen atoms in total. The molecule has 0 spiro atoms. The third-order valence-corrected chi connectivity index (χ3v) is 7.58. The van der Waals surface area contributed by atoms with Crippen LogP contribution in [0.4, 0.5) is 11.4 Å². The number of hydrogen-bond donors (Lipinski definition) is 2. The fourth-order valence-corrected chi connectivity index (χ4v) is 5.75. The quantitative estimate of drug-likeness (QED) is 0.262. The number of nitrogens with one attached hydrogen (secondary N) is 2. The van der Waals surface area contributed by atoms with Gasteiger partial charge < -0.3 is 24.8 Å². The van der Waals surface area contributed by atoms with E-state index in [4.69, 9.17) is 28.6 Å². The summed E-state index contributed by atoms with van der Waals surface area (Å²) in [4.78, 5) is 18.9. The average molecular weight is 560 g/mol. The Morgan fingerprint density at radius 2 is 1.82 bits per heavy atom. The minimum Gasteiger partial charge on any atom is -0.375 e. The summed E-state index contributed by atoms with van der Waals surface area (Å²) in [5.74, 6) is -0.200. The maximum Gasteiger partial charge on any atom is 0.250 e. The first-order chi connectivity index (χ1) is 18.8. The number of aryl methyl sites for hydroxylation is 2. The highest BCUT2D eigenvalue weighted by Gasteiger charge is 2.42. The van der Waals surface area contributed by atoms with Gasteiger partial charge in [0.1, 0.15) is 6.61 Å². The lowest BCUT2D eigenvalue weighted by Crippen LogP contribution is -2.29. The number of carbonyl (C=O) groups excluding carboxylic acids is 1. The van der Waals surface area contributed by atoms with E-state index in [0.29, 0.717) is 10.1 Å². The number of rotatable bonds is 7. The largest absolute Gasteiger partial charge is 0.375 e. The zero-order valence-corrected chi connectivity index (χ0v) is 23.8. The lowest BCUT2D eigenvalue weighted by atomic mass is 9.96. The SMILES string of the molecule is COCC(=O)Nc1ccc(N2C(=S)NC(c3ccccn3)C2c2cc(C)n(-c3ccc(Cl)cc3)c2C)cc1C. The molecule has 2 unspecified atom stereocenters. The van der Waals surface area contributed by atoms with E-state index in [1.54, 1.807) is 6.20 Å². The standard InChI is InChI=1S/C30H30ClN5O2S/c1-18-15-23(12-13-25(18)33-27(37)17-38-4)36-29(28(34-30(36)39)26-7-5-6-14-32-26)24-16-19(2)35(20(24)3)22-10-8-21(31)9-11-22/h5-16,28-29H,17H2,1-4H3,(H,33,37)(H,34,39). The molecule has 1 amide bonds. The van der Waals surface area contributed by atoms with Crippen LogP contribution < -0.4 is 15.5 Å². The number of pyridine rings is 1. The number of anilines is 2. The topological polar surface area (TPSA) is 71.4 Å². The summed E-state index contributed by atoms with van der Waals surface area (Å²) >= 11 is 12.1. The van der Waals surface area contributed by atoms with Crippen molar-refractivity contribution in [2.75, 3.05) is 23.9 Å². The Labute approximate surface area is 238 Å². The van der Waals surface area contributed by atoms with Crippen molar-refractivity contribution in [2.24, 2.45) is 0 Å². The Bertz CT molecular complexity index is 1520. The number of methoxy groups -OCH3 is 1. The number of halogens is 1. The predicted molar refractivity (Wildman–Crippen MR) is 160 cm³/mol. The summed E-state index contributed by atoms with van der Waals surface area (Å²) in [5.41, 5.74) is 7.89. The Hall–Kier alpha value is -3.72. The first-order valence-electron chi connectivity index (χ1n) is 12.6. The van der Waals surface area contributed by atoms with Gasteiger partial charge in [0.05, 0.1) is 17.8 Å². The second kappa shape index (κ2) is 11.2. The molecule has 0 aliphatic carbocycles. The highest BCUT2D eigenvalue weighted by atomic mass is 35.5. The molecule has 0 saturated carbocycles. The molecule has 2 aromatic heterocycles. The smallest absolute Gasteiger partial charge is 0.250 e. The molecule has 2 atom stereocenters. The van der Waals surface area contributed by atoms with Crippen LogP contribution in [0.3, 0.4) is 0 Å². The Kier molecular flexibility index (Phi) is 7.70. The highest BCUT2D eigenvalue weighted by molar-refractivity contribution is 7.80. The second-order valence-electron chi connectivity index (χ2n) is 9.62. The molecule has 2 N–H and O–H groups in total. The molecule has 0 radical (unpaired) electrons.